The molecule has 5 nitrogen and oxygen atoms in total. The van der Waals surface area contributed by atoms with Gasteiger partial charge in [-0.05, 0) is 18.1 Å². The second kappa shape index (κ2) is 7.50. The Labute approximate surface area is 121 Å². The second-order valence-corrected chi connectivity index (χ2v) is 6.32. The summed E-state index contributed by atoms with van der Waals surface area (Å²) in [6, 6.07) is 4.56. The van der Waals surface area contributed by atoms with E-state index in [1.807, 2.05) is 0 Å². The van der Waals surface area contributed by atoms with Gasteiger partial charge in [0.2, 0.25) is 10.0 Å². The van der Waals surface area contributed by atoms with Gasteiger partial charge in [-0.25, -0.2) is 13.1 Å². The van der Waals surface area contributed by atoms with Crippen LogP contribution in [0.25, 0.3) is 0 Å². The third-order valence-corrected chi connectivity index (χ3v) is 4.80. The summed E-state index contributed by atoms with van der Waals surface area (Å²) in [6.45, 7) is 4.56. The SMILES string of the molecule is CCC(CC)CNS(=O)(=O)c1ccc(OC)c(OC)c1. The van der Waals surface area contributed by atoms with Crippen LogP contribution in [-0.2, 0) is 10.0 Å². The molecular weight excluding hydrogens is 278 g/mol. The fourth-order valence-corrected chi connectivity index (χ4v) is 3.00. The highest BCUT2D eigenvalue weighted by molar-refractivity contribution is 7.89. The summed E-state index contributed by atoms with van der Waals surface area (Å²) in [7, 11) is -0.529. The molecule has 0 saturated heterocycles. The molecule has 1 aromatic rings. The molecule has 0 atom stereocenters. The zero-order valence-corrected chi connectivity index (χ0v) is 13.3. The minimum Gasteiger partial charge on any atom is -0.493 e. The first kappa shape index (κ1) is 16.8. The van der Waals surface area contributed by atoms with Crippen LogP contribution >= 0.6 is 0 Å². The van der Waals surface area contributed by atoms with E-state index in [4.69, 9.17) is 9.47 Å². The van der Waals surface area contributed by atoms with E-state index in [0.29, 0.717) is 24.0 Å². The first-order valence-corrected chi connectivity index (χ1v) is 8.18. The van der Waals surface area contributed by atoms with Crippen LogP contribution in [0, 0.1) is 5.92 Å². The fraction of sp³-hybridized carbons (Fsp3) is 0.571. The van der Waals surface area contributed by atoms with Crippen molar-refractivity contribution in [2.24, 2.45) is 5.92 Å². The zero-order valence-electron chi connectivity index (χ0n) is 12.5. The summed E-state index contributed by atoms with van der Waals surface area (Å²) < 4.78 is 37.3. The molecule has 0 spiro atoms. The van der Waals surface area contributed by atoms with E-state index < -0.39 is 10.0 Å². The van der Waals surface area contributed by atoms with E-state index in [1.165, 1.54) is 26.4 Å². The molecular formula is C14H23NO4S. The van der Waals surface area contributed by atoms with Crippen molar-refractivity contribution in [2.75, 3.05) is 20.8 Å². The Morgan fingerprint density at radius 1 is 1.10 bits per heavy atom. The second-order valence-electron chi connectivity index (χ2n) is 4.55. The van der Waals surface area contributed by atoms with Gasteiger partial charge in [0.25, 0.3) is 0 Å². The van der Waals surface area contributed by atoms with Crippen molar-refractivity contribution >= 4 is 10.0 Å². The maximum absolute atomic E-state index is 12.2. The van der Waals surface area contributed by atoms with Gasteiger partial charge < -0.3 is 9.47 Å². The first-order chi connectivity index (χ1) is 9.48. The maximum Gasteiger partial charge on any atom is 0.240 e. The van der Waals surface area contributed by atoms with Crippen LogP contribution in [0.5, 0.6) is 11.5 Å². The highest BCUT2D eigenvalue weighted by atomic mass is 32.2. The standard InChI is InChI=1S/C14H23NO4S/c1-5-11(6-2)10-15-20(16,17)12-7-8-13(18-3)14(9-12)19-4/h7-9,11,15H,5-6,10H2,1-4H3. The molecule has 1 aromatic carbocycles. The van der Waals surface area contributed by atoms with E-state index >= 15 is 0 Å². The lowest BCUT2D eigenvalue weighted by atomic mass is 10.0. The number of rotatable bonds is 8. The van der Waals surface area contributed by atoms with Crippen LogP contribution in [-0.4, -0.2) is 29.2 Å². The first-order valence-electron chi connectivity index (χ1n) is 6.70. The Hall–Kier alpha value is -1.27. The van der Waals surface area contributed by atoms with Gasteiger partial charge in [-0.15, -0.1) is 0 Å². The molecule has 6 heteroatoms. The highest BCUT2D eigenvalue weighted by Gasteiger charge is 2.18. The molecule has 0 saturated carbocycles. The molecule has 0 aliphatic carbocycles. The average Bonchev–Trinajstić information content (AvgIpc) is 2.47. The Bertz CT molecular complexity index is 524. The van der Waals surface area contributed by atoms with Gasteiger partial charge in [0.15, 0.2) is 11.5 Å². The van der Waals surface area contributed by atoms with E-state index in [-0.39, 0.29) is 4.90 Å². The van der Waals surface area contributed by atoms with Gasteiger partial charge in [-0.3, -0.25) is 0 Å². The number of nitrogens with one attached hydrogen (secondary N) is 1. The van der Waals surface area contributed by atoms with Crippen molar-refractivity contribution in [1.29, 1.82) is 0 Å². The lowest BCUT2D eigenvalue weighted by Crippen LogP contribution is -2.29. The quantitative estimate of drug-likeness (QED) is 0.801. The van der Waals surface area contributed by atoms with Crippen molar-refractivity contribution in [1.82, 2.24) is 4.72 Å². The van der Waals surface area contributed by atoms with Crippen LogP contribution in [0.1, 0.15) is 26.7 Å². The molecule has 114 valence electrons. The highest BCUT2D eigenvalue weighted by Crippen LogP contribution is 2.29. The number of hydrogen-bond acceptors (Lipinski definition) is 4. The number of hydrogen-bond donors (Lipinski definition) is 1. The molecule has 0 aliphatic rings. The van der Waals surface area contributed by atoms with Crippen molar-refractivity contribution in [3.63, 3.8) is 0 Å². The third-order valence-electron chi connectivity index (χ3n) is 3.38. The van der Waals surface area contributed by atoms with Gasteiger partial charge in [0, 0.05) is 12.6 Å². The fourth-order valence-electron chi connectivity index (χ4n) is 1.87. The van der Waals surface area contributed by atoms with Crippen LogP contribution in [0.4, 0.5) is 0 Å². The average molecular weight is 301 g/mol. The van der Waals surface area contributed by atoms with Crippen LogP contribution < -0.4 is 14.2 Å². The number of benzene rings is 1. The Kier molecular flexibility index (Phi) is 6.29. The molecule has 0 heterocycles. The molecule has 20 heavy (non-hydrogen) atoms. The number of ether oxygens (including phenoxy) is 2. The van der Waals surface area contributed by atoms with Crippen molar-refractivity contribution in [2.45, 2.75) is 31.6 Å². The van der Waals surface area contributed by atoms with Crippen LogP contribution in [0.2, 0.25) is 0 Å². The topological polar surface area (TPSA) is 64.6 Å². The molecule has 0 amide bonds. The summed E-state index contributed by atoms with van der Waals surface area (Å²) >= 11 is 0. The summed E-state index contributed by atoms with van der Waals surface area (Å²) in [5.41, 5.74) is 0. The maximum atomic E-state index is 12.2. The van der Waals surface area contributed by atoms with Gasteiger partial charge in [-0.1, -0.05) is 26.7 Å². The molecule has 0 aliphatic heterocycles. The largest absolute Gasteiger partial charge is 0.493 e. The van der Waals surface area contributed by atoms with E-state index in [9.17, 15) is 8.42 Å². The minimum atomic E-state index is -3.52. The van der Waals surface area contributed by atoms with E-state index in [1.54, 1.807) is 6.07 Å². The van der Waals surface area contributed by atoms with Gasteiger partial charge in [0.1, 0.15) is 0 Å². The predicted octanol–water partition coefficient (Wildman–Crippen LogP) is 2.42. The molecule has 1 rings (SSSR count). The normalized spacial score (nSPS) is 11.7. The molecule has 1 N–H and O–H groups in total. The lowest BCUT2D eigenvalue weighted by Gasteiger charge is -2.14. The van der Waals surface area contributed by atoms with Crippen molar-refractivity contribution < 1.29 is 17.9 Å². The monoisotopic (exact) mass is 301 g/mol. The smallest absolute Gasteiger partial charge is 0.240 e. The van der Waals surface area contributed by atoms with Gasteiger partial charge in [-0.2, -0.15) is 0 Å². The minimum absolute atomic E-state index is 0.182. The predicted molar refractivity (Wildman–Crippen MR) is 78.8 cm³/mol. The number of sulfonamides is 1. The van der Waals surface area contributed by atoms with Crippen molar-refractivity contribution in [3.05, 3.63) is 18.2 Å². The zero-order chi connectivity index (χ0) is 15.2. The van der Waals surface area contributed by atoms with Crippen LogP contribution in [0.15, 0.2) is 23.1 Å². The van der Waals surface area contributed by atoms with E-state index in [2.05, 4.69) is 18.6 Å². The van der Waals surface area contributed by atoms with Gasteiger partial charge in [0.05, 0.1) is 19.1 Å². The molecule has 0 aromatic heterocycles. The Balaban J connectivity index is 2.92. The van der Waals surface area contributed by atoms with Crippen molar-refractivity contribution in [3.8, 4) is 11.5 Å². The summed E-state index contributed by atoms with van der Waals surface area (Å²) in [4.78, 5) is 0.182. The summed E-state index contributed by atoms with van der Waals surface area (Å²) in [5.74, 6) is 1.26. The Morgan fingerprint density at radius 3 is 2.20 bits per heavy atom. The summed E-state index contributed by atoms with van der Waals surface area (Å²) in [5, 5.41) is 0. The van der Waals surface area contributed by atoms with Crippen LogP contribution in [0.3, 0.4) is 0 Å². The van der Waals surface area contributed by atoms with E-state index in [0.717, 1.165) is 12.8 Å². The molecule has 0 radical (unpaired) electrons. The molecule has 0 bridgehead atoms. The molecule has 0 fully saturated rings. The third kappa shape index (κ3) is 4.11. The summed E-state index contributed by atoms with van der Waals surface area (Å²) in [6.07, 6.45) is 1.90. The molecule has 0 unspecified atom stereocenters. The Morgan fingerprint density at radius 2 is 1.70 bits per heavy atom. The lowest BCUT2D eigenvalue weighted by molar-refractivity contribution is 0.354. The van der Waals surface area contributed by atoms with Gasteiger partial charge >= 0.3 is 0 Å². The number of methoxy groups -OCH3 is 2.